The third-order valence-electron chi connectivity index (χ3n) is 5.15. The fourth-order valence-corrected chi connectivity index (χ4v) is 3.64. The van der Waals surface area contributed by atoms with Gasteiger partial charge in [-0.3, -0.25) is 9.36 Å². The van der Waals surface area contributed by atoms with Crippen LogP contribution < -0.4 is 16.0 Å². The van der Waals surface area contributed by atoms with Crippen LogP contribution in [0.5, 0.6) is 5.75 Å². The first-order valence-electron chi connectivity index (χ1n) is 10.2. The van der Waals surface area contributed by atoms with Crippen molar-refractivity contribution < 1.29 is 9.15 Å². The number of hydrogen-bond donors (Lipinski definition) is 0. The quantitative estimate of drug-likeness (QED) is 0.398. The average Bonchev–Trinajstić information content (AvgIpc) is 3.49. The molecule has 32 heavy (non-hydrogen) atoms. The van der Waals surface area contributed by atoms with Gasteiger partial charge in [0.25, 0.3) is 5.56 Å². The van der Waals surface area contributed by atoms with Crippen LogP contribution in [0.15, 0.2) is 99.4 Å². The summed E-state index contributed by atoms with van der Waals surface area (Å²) < 4.78 is 15.5. The van der Waals surface area contributed by atoms with E-state index in [-0.39, 0.29) is 6.54 Å². The van der Waals surface area contributed by atoms with E-state index in [2.05, 4.69) is 4.98 Å². The highest BCUT2D eigenvalue weighted by molar-refractivity contribution is 5.72. The smallest absolute Gasteiger partial charge is 0.337 e. The van der Waals surface area contributed by atoms with E-state index in [9.17, 15) is 9.59 Å². The molecule has 0 aliphatic heterocycles. The largest absolute Gasteiger partial charge is 0.492 e. The summed E-state index contributed by atoms with van der Waals surface area (Å²) in [6.45, 7) is 0.769. The Morgan fingerprint density at radius 3 is 2.38 bits per heavy atom. The van der Waals surface area contributed by atoms with Crippen molar-refractivity contribution in [2.45, 2.75) is 13.1 Å². The Kier molecular flexibility index (Phi) is 5.17. The summed E-state index contributed by atoms with van der Waals surface area (Å²) in [5.74, 6) is 1.26. The molecule has 5 rings (SSSR count). The van der Waals surface area contributed by atoms with Crippen LogP contribution in [0.1, 0.15) is 5.76 Å². The summed E-state index contributed by atoms with van der Waals surface area (Å²) in [4.78, 5) is 31.1. The number of aromatic nitrogens is 4. The van der Waals surface area contributed by atoms with Crippen molar-refractivity contribution in [3.05, 3.63) is 112 Å². The molecule has 0 aliphatic carbocycles. The summed E-state index contributed by atoms with van der Waals surface area (Å²) in [5, 5.41) is 0. The molecular formula is C24H20N4O4. The van der Waals surface area contributed by atoms with Crippen molar-refractivity contribution in [2.24, 2.45) is 0 Å². The predicted molar refractivity (Wildman–Crippen MR) is 119 cm³/mol. The molecule has 2 aromatic carbocycles. The molecule has 0 amide bonds. The topological polar surface area (TPSA) is 84.2 Å². The van der Waals surface area contributed by atoms with Crippen molar-refractivity contribution in [3.8, 4) is 11.4 Å². The Hall–Kier alpha value is -4.33. The van der Waals surface area contributed by atoms with E-state index in [0.717, 1.165) is 5.75 Å². The number of ether oxygens (including phenoxy) is 1. The minimum Gasteiger partial charge on any atom is -0.492 e. The lowest BCUT2D eigenvalue weighted by Gasteiger charge is -2.12. The molecular weight excluding hydrogens is 408 g/mol. The molecule has 5 aromatic rings. The zero-order valence-electron chi connectivity index (χ0n) is 17.1. The minimum absolute atomic E-state index is 0.0269. The zero-order valence-corrected chi connectivity index (χ0v) is 17.1. The van der Waals surface area contributed by atoms with Crippen LogP contribution in [0.2, 0.25) is 0 Å². The van der Waals surface area contributed by atoms with E-state index in [1.165, 1.54) is 15.4 Å². The highest BCUT2D eigenvalue weighted by atomic mass is 16.5. The van der Waals surface area contributed by atoms with Gasteiger partial charge < -0.3 is 13.7 Å². The lowest BCUT2D eigenvalue weighted by atomic mass is 10.3. The fourth-order valence-electron chi connectivity index (χ4n) is 3.64. The van der Waals surface area contributed by atoms with Gasteiger partial charge in [-0.15, -0.1) is 0 Å². The molecule has 8 heteroatoms. The SMILES string of the molecule is O=c1c2c(ncn2CCOc2ccccc2)n(-c2ccccc2)c(=O)n1Cc1ccco1. The van der Waals surface area contributed by atoms with Gasteiger partial charge in [0.05, 0.1) is 31.4 Å². The number of imidazole rings is 1. The van der Waals surface area contributed by atoms with Gasteiger partial charge in [-0.05, 0) is 36.4 Å². The Morgan fingerprint density at radius 1 is 0.906 bits per heavy atom. The molecule has 0 radical (unpaired) electrons. The van der Waals surface area contributed by atoms with E-state index in [1.54, 1.807) is 35.2 Å². The van der Waals surface area contributed by atoms with Crippen LogP contribution >= 0.6 is 0 Å². The van der Waals surface area contributed by atoms with Gasteiger partial charge in [-0.2, -0.15) is 0 Å². The molecule has 0 N–H and O–H groups in total. The Bertz CT molecular complexity index is 1450. The van der Waals surface area contributed by atoms with Crippen LogP contribution in [-0.2, 0) is 13.1 Å². The molecule has 160 valence electrons. The number of para-hydroxylation sites is 2. The van der Waals surface area contributed by atoms with Gasteiger partial charge in [0, 0.05) is 0 Å². The van der Waals surface area contributed by atoms with Crippen LogP contribution in [-0.4, -0.2) is 25.3 Å². The summed E-state index contributed by atoms with van der Waals surface area (Å²) in [5.41, 5.74) is 0.362. The van der Waals surface area contributed by atoms with Crippen LogP contribution in [0, 0.1) is 0 Å². The molecule has 0 saturated carbocycles. The second-order valence-corrected chi connectivity index (χ2v) is 7.20. The lowest BCUT2D eigenvalue weighted by molar-refractivity contribution is 0.300. The highest BCUT2D eigenvalue weighted by Crippen LogP contribution is 2.14. The molecule has 0 aliphatic rings. The maximum atomic E-state index is 13.4. The number of hydrogen-bond acceptors (Lipinski definition) is 5. The van der Waals surface area contributed by atoms with Gasteiger partial charge in [0.2, 0.25) is 0 Å². The normalized spacial score (nSPS) is 11.1. The van der Waals surface area contributed by atoms with Gasteiger partial charge >= 0.3 is 5.69 Å². The lowest BCUT2D eigenvalue weighted by Crippen LogP contribution is -2.40. The highest BCUT2D eigenvalue weighted by Gasteiger charge is 2.20. The van der Waals surface area contributed by atoms with Crippen molar-refractivity contribution in [2.75, 3.05) is 6.61 Å². The summed E-state index contributed by atoms with van der Waals surface area (Å²) in [6, 6.07) is 22.0. The van der Waals surface area contributed by atoms with Gasteiger partial charge in [-0.25, -0.2) is 14.3 Å². The summed E-state index contributed by atoms with van der Waals surface area (Å²) in [6.07, 6.45) is 3.08. The Balaban J connectivity index is 1.61. The maximum absolute atomic E-state index is 13.4. The predicted octanol–water partition coefficient (Wildman–Crippen LogP) is 3.07. The third-order valence-corrected chi connectivity index (χ3v) is 5.15. The Labute approximate surface area is 182 Å². The maximum Gasteiger partial charge on any atom is 0.337 e. The number of rotatable bonds is 7. The monoisotopic (exact) mass is 428 g/mol. The fraction of sp³-hybridized carbons (Fsp3) is 0.125. The van der Waals surface area contributed by atoms with Crippen LogP contribution in [0.3, 0.4) is 0 Å². The van der Waals surface area contributed by atoms with E-state index in [1.807, 2.05) is 48.5 Å². The van der Waals surface area contributed by atoms with Crippen molar-refractivity contribution >= 4 is 11.2 Å². The van der Waals surface area contributed by atoms with E-state index in [0.29, 0.717) is 35.8 Å². The van der Waals surface area contributed by atoms with Gasteiger partial charge in [-0.1, -0.05) is 36.4 Å². The third kappa shape index (κ3) is 3.62. The molecule has 0 saturated heterocycles. The molecule has 8 nitrogen and oxygen atoms in total. The van der Waals surface area contributed by atoms with Gasteiger partial charge in [0.15, 0.2) is 11.2 Å². The molecule has 0 atom stereocenters. The van der Waals surface area contributed by atoms with E-state index in [4.69, 9.17) is 9.15 Å². The number of benzene rings is 2. The van der Waals surface area contributed by atoms with Gasteiger partial charge in [0.1, 0.15) is 18.1 Å². The molecule has 0 bridgehead atoms. The van der Waals surface area contributed by atoms with E-state index >= 15 is 0 Å². The van der Waals surface area contributed by atoms with Crippen molar-refractivity contribution in [3.63, 3.8) is 0 Å². The Morgan fingerprint density at radius 2 is 1.66 bits per heavy atom. The van der Waals surface area contributed by atoms with Crippen LogP contribution in [0.4, 0.5) is 0 Å². The molecule has 3 aromatic heterocycles. The number of furan rings is 1. The first-order valence-corrected chi connectivity index (χ1v) is 10.2. The first-order chi connectivity index (χ1) is 15.7. The second kappa shape index (κ2) is 8.43. The molecule has 0 fully saturated rings. The number of fused-ring (bicyclic) bond motifs is 1. The molecule has 0 unspecified atom stereocenters. The summed E-state index contributed by atoms with van der Waals surface area (Å²) in [7, 11) is 0. The molecule has 3 heterocycles. The average molecular weight is 428 g/mol. The number of nitrogens with zero attached hydrogens (tertiary/aromatic N) is 4. The zero-order chi connectivity index (χ0) is 21.9. The van der Waals surface area contributed by atoms with E-state index < -0.39 is 11.2 Å². The standard InChI is InChI=1S/C24H20N4O4/c29-23-21-22(25-17-26(21)13-15-32-19-10-5-2-6-11-19)28(18-8-3-1-4-9-18)24(30)27(23)16-20-12-7-14-31-20/h1-12,14,17H,13,15-16H2. The van der Waals surface area contributed by atoms with Crippen molar-refractivity contribution in [1.29, 1.82) is 0 Å². The first kappa shape index (κ1) is 19.6. The molecule has 0 spiro atoms. The summed E-state index contributed by atoms with van der Waals surface area (Å²) >= 11 is 0. The minimum atomic E-state index is -0.476. The van der Waals surface area contributed by atoms with Crippen molar-refractivity contribution in [1.82, 2.24) is 18.7 Å². The van der Waals surface area contributed by atoms with Crippen LogP contribution in [0.25, 0.3) is 16.9 Å². The second-order valence-electron chi connectivity index (χ2n) is 7.20.